The minimum Gasteiger partial charge on any atom is -0.356 e. The smallest absolute Gasteiger partial charge is 0.227 e. The molecule has 158 valence electrons. The minimum atomic E-state index is -0.287. The monoisotopic (exact) mass is 416 g/mol. The van der Waals surface area contributed by atoms with Crippen LogP contribution in [0.25, 0.3) is 11.4 Å². The van der Waals surface area contributed by atoms with Gasteiger partial charge in [-0.05, 0) is 30.5 Å². The number of carbonyl (C=O) groups is 1. The lowest BCUT2D eigenvalue weighted by atomic mass is 10.0. The van der Waals surface area contributed by atoms with E-state index in [-0.39, 0.29) is 18.1 Å². The first-order chi connectivity index (χ1) is 15.2. The third-order valence-corrected chi connectivity index (χ3v) is 6.10. The molecule has 0 radical (unpaired) electrons. The zero-order valence-electron chi connectivity index (χ0n) is 17.4. The van der Waals surface area contributed by atoms with Crippen LogP contribution >= 0.6 is 0 Å². The number of benzene rings is 2. The summed E-state index contributed by atoms with van der Waals surface area (Å²) in [6.07, 6.45) is 3.31. The van der Waals surface area contributed by atoms with Crippen molar-refractivity contribution in [1.29, 1.82) is 0 Å². The zero-order valence-corrected chi connectivity index (χ0v) is 17.4. The topological polar surface area (TPSA) is 49.3 Å². The van der Waals surface area contributed by atoms with E-state index < -0.39 is 0 Å². The molecule has 0 aliphatic carbocycles. The third-order valence-electron chi connectivity index (χ3n) is 6.10. The second kappa shape index (κ2) is 8.46. The van der Waals surface area contributed by atoms with Gasteiger partial charge >= 0.3 is 0 Å². The van der Waals surface area contributed by atoms with Crippen LogP contribution < -0.4 is 4.90 Å². The molecule has 5 nitrogen and oxygen atoms in total. The Bertz CT molecular complexity index is 1080. The SMILES string of the molecule is O=C(Cc1ccc(F)cc1)N1CCc2nc(-c3ccccc3)nc(N3CCCC3)c2C1. The van der Waals surface area contributed by atoms with Crippen LogP contribution in [-0.4, -0.2) is 40.4 Å². The van der Waals surface area contributed by atoms with Gasteiger partial charge in [-0.3, -0.25) is 4.79 Å². The van der Waals surface area contributed by atoms with Crippen molar-refractivity contribution >= 4 is 11.7 Å². The number of hydrogen-bond donors (Lipinski definition) is 0. The minimum absolute atomic E-state index is 0.0526. The molecule has 3 heterocycles. The van der Waals surface area contributed by atoms with Gasteiger partial charge in [-0.25, -0.2) is 14.4 Å². The van der Waals surface area contributed by atoms with E-state index in [4.69, 9.17) is 9.97 Å². The number of amides is 1. The van der Waals surface area contributed by atoms with Crippen molar-refractivity contribution in [1.82, 2.24) is 14.9 Å². The molecule has 2 aliphatic heterocycles. The Hall–Kier alpha value is -3.28. The Kier molecular flexibility index (Phi) is 5.37. The second-order valence-electron chi connectivity index (χ2n) is 8.22. The van der Waals surface area contributed by atoms with E-state index in [1.165, 1.54) is 12.1 Å². The number of aromatic nitrogens is 2. The highest BCUT2D eigenvalue weighted by Crippen LogP contribution is 2.31. The van der Waals surface area contributed by atoms with Crippen molar-refractivity contribution in [2.75, 3.05) is 24.5 Å². The lowest BCUT2D eigenvalue weighted by Crippen LogP contribution is -2.38. The molecule has 1 saturated heterocycles. The van der Waals surface area contributed by atoms with Gasteiger partial charge in [0.15, 0.2) is 5.82 Å². The van der Waals surface area contributed by atoms with E-state index in [9.17, 15) is 9.18 Å². The first-order valence-corrected chi connectivity index (χ1v) is 10.9. The Labute approximate surface area is 181 Å². The number of halogens is 1. The molecular formula is C25H25FN4O. The predicted octanol–water partition coefficient (Wildman–Crippen LogP) is 4.01. The zero-order chi connectivity index (χ0) is 21.2. The van der Waals surface area contributed by atoms with Crippen LogP contribution in [0, 0.1) is 5.82 Å². The molecule has 0 atom stereocenters. The van der Waals surface area contributed by atoms with Crippen molar-refractivity contribution in [2.45, 2.75) is 32.2 Å². The fourth-order valence-electron chi connectivity index (χ4n) is 4.41. The number of nitrogens with zero attached hydrogens (tertiary/aromatic N) is 4. The Morgan fingerprint density at radius 1 is 0.935 bits per heavy atom. The lowest BCUT2D eigenvalue weighted by Gasteiger charge is -2.32. The molecule has 31 heavy (non-hydrogen) atoms. The first kappa shape index (κ1) is 19.7. The van der Waals surface area contributed by atoms with Crippen LogP contribution in [0.3, 0.4) is 0 Å². The number of carbonyl (C=O) groups excluding carboxylic acids is 1. The molecule has 0 N–H and O–H groups in total. The molecule has 1 amide bonds. The molecule has 3 aromatic rings. The summed E-state index contributed by atoms with van der Waals surface area (Å²) in [6, 6.07) is 16.2. The summed E-state index contributed by atoms with van der Waals surface area (Å²) in [4.78, 5) is 27.0. The molecule has 2 aliphatic rings. The van der Waals surface area contributed by atoms with Gasteiger partial charge in [0.25, 0.3) is 0 Å². The van der Waals surface area contributed by atoms with E-state index in [1.54, 1.807) is 12.1 Å². The molecule has 0 saturated carbocycles. The molecule has 6 heteroatoms. The van der Waals surface area contributed by atoms with Crippen LogP contribution in [0.15, 0.2) is 54.6 Å². The highest BCUT2D eigenvalue weighted by molar-refractivity contribution is 5.79. The fourth-order valence-corrected chi connectivity index (χ4v) is 4.41. The summed E-state index contributed by atoms with van der Waals surface area (Å²) in [5.74, 6) is 1.49. The summed E-state index contributed by atoms with van der Waals surface area (Å²) in [5.41, 5.74) is 3.95. The summed E-state index contributed by atoms with van der Waals surface area (Å²) in [5, 5.41) is 0. The van der Waals surface area contributed by atoms with Gasteiger partial charge in [0.05, 0.1) is 18.7 Å². The van der Waals surface area contributed by atoms with Gasteiger partial charge in [-0.1, -0.05) is 42.5 Å². The summed E-state index contributed by atoms with van der Waals surface area (Å²) < 4.78 is 13.2. The molecule has 0 bridgehead atoms. The summed E-state index contributed by atoms with van der Waals surface area (Å²) >= 11 is 0. The Balaban J connectivity index is 1.44. The van der Waals surface area contributed by atoms with Gasteiger partial charge in [-0.15, -0.1) is 0 Å². The van der Waals surface area contributed by atoms with Crippen LogP contribution in [-0.2, 0) is 24.2 Å². The molecular weight excluding hydrogens is 391 g/mol. The van der Waals surface area contributed by atoms with Crippen LogP contribution in [0.4, 0.5) is 10.2 Å². The van der Waals surface area contributed by atoms with E-state index in [2.05, 4.69) is 4.90 Å². The Morgan fingerprint density at radius 3 is 2.42 bits per heavy atom. The van der Waals surface area contributed by atoms with Crippen molar-refractivity contribution < 1.29 is 9.18 Å². The van der Waals surface area contributed by atoms with Crippen LogP contribution in [0.2, 0.25) is 0 Å². The predicted molar refractivity (Wildman–Crippen MR) is 118 cm³/mol. The molecule has 1 aromatic heterocycles. The van der Waals surface area contributed by atoms with Crippen molar-refractivity contribution in [3.05, 3.63) is 77.2 Å². The normalized spacial score (nSPS) is 15.8. The number of fused-ring (bicyclic) bond motifs is 1. The summed E-state index contributed by atoms with van der Waals surface area (Å²) in [7, 11) is 0. The van der Waals surface area contributed by atoms with Gasteiger partial charge in [-0.2, -0.15) is 0 Å². The lowest BCUT2D eigenvalue weighted by molar-refractivity contribution is -0.131. The van der Waals surface area contributed by atoms with E-state index in [0.29, 0.717) is 19.5 Å². The quantitative estimate of drug-likeness (QED) is 0.645. The maximum absolute atomic E-state index is 13.2. The maximum Gasteiger partial charge on any atom is 0.227 e. The van der Waals surface area contributed by atoms with Gasteiger partial charge in [0.1, 0.15) is 11.6 Å². The first-order valence-electron chi connectivity index (χ1n) is 10.9. The second-order valence-corrected chi connectivity index (χ2v) is 8.22. The maximum atomic E-state index is 13.2. The molecule has 5 rings (SSSR count). The van der Waals surface area contributed by atoms with E-state index in [0.717, 1.165) is 60.0 Å². The molecule has 0 unspecified atom stereocenters. The fraction of sp³-hybridized carbons (Fsp3) is 0.320. The molecule has 1 fully saturated rings. The van der Waals surface area contributed by atoms with Gasteiger partial charge < -0.3 is 9.80 Å². The average molecular weight is 417 g/mol. The van der Waals surface area contributed by atoms with Crippen LogP contribution in [0.5, 0.6) is 0 Å². The van der Waals surface area contributed by atoms with E-state index in [1.807, 2.05) is 35.2 Å². The highest BCUT2D eigenvalue weighted by Gasteiger charge is 2.28. The molecule has 0 spiro atoms. The van der Waals surface area contributed by atoms with Crippen molar-refractivity contribution in [2.24, 2.45) is 0 Å². The number of hydrogen-bond acceptors (Lipinski definition) is 4. The number of anilines is 1. The van der Waals surface area contributed by atoms with Crippen molar-refractivity contribution in [3.8, 4) is 11.4 Å². The van der Waals surface area contributed by atoms with E-state index >= 15 is 0 Å². The van der Waals surface area contributed by atoms with Gasteiger partial charge in [0.2, 0.25) is 5.91 Å². The van der Waals surface area contributed by atoms with Crippen molar-refractivity contribution in [3.63, 3.8) is 0 Å². The average Bonchev–Trinajstić information content (AvgIpc) is 3.35. The van der Waals surface area contributed by atoms with Gasteiger partial charge in [0, 0.05) is 37.2 Å². The third kappa shape index (κ3) is 4.15. The van der Waals surface area contributed by atoms with Crippen LogP contribution in [0.1, 0.15) is 29.7 Å². The number of rotatable bonds is 4. The summed E-state index contributed by atoms with van der Waals surface area (Å²) in [6.45, 7) is 3.14. The Morgan fingerprint density at radius 2 is 1.68 bits per heavy atom. The largest absolute Gasteiger partial charge is 0.356 e. The standard InChI is InChI=1S/C25H25FN4O/c26-20-10-8-18(9-11-20)16-23(31)30-15-12-22-21(17-30)25(29-13-4-5-14-29)28-24(27-22)19-6-2-1-3-7-19/h1-3,6-11H,4-5,12-17H2. The highest BCUT2D eigenvalue weighted by atomic mass is 19.1. The molecule has 2 aromatic carbocycles.